The van der Waals surface area contributed by atoms with E-state index in [-0.39, 0.29) is 0 Å². The average Bonchev–Trinajstić information content (AvgIpc) is 3.28. The van der Waals surface area contributed by atoms with Gasteiger partial charge in [-0.15, -0.1) is 0 Å². The van der Waals surface area contributed by atoms with Crippen LogP contribution in [-0.4, -0.2) is 50.8 Å². The molecule has 3 nitrogen and oxygen atoms in total. The highest BCUT2D eigenvalue weighted by Gasteiger charge is 2.31. The highest BCUT2D eigenvalue weighted by Crippen LogP contribution is 2.31. The molecule has 2 rings (SSSR count). The van der Waals surface area contributed by atoms with Crippen LogP contribution in [0.3, 0.4) is 0 Å². The van der Waals surface area contributed by atoms with Crippen LogP contribution in [0.15, 0.2) is 0 Å². The second-order valence-electron chi connectivity index (χ2n) is 6.93. The van der Waals surface area contributed by atoms with Gasteiger partial charge < -0.3 is 10.1 Å². The number of ether oxygens (including phenoxy) is 1. The van der Waals surface area contributed by atoms with Crippen molar-refractivity contribution >= 4 is 0 Å². The fourth-order valence-electron chi connectivity index (χ4n) is 3.63. The van der Waals surface area contributed by atoms with E-state index in [1.54, 1.807) is 0 Å². The predicted octanol–water partition coefficient (Wildman–Crippen LogP) is 2.90. The molecule has 0 saturated heterocycles. The van der Waals surface area contributed by atoms with Gasteiger partial charge in [-0.25, -0.2) is 0 Å². The minimum Gasteiger partial charge on any atom is -0.380 e. The summed E-state index contributed by atoms with van der Waals surface area (Å²) < 4.78 is 5.80. The maximum Gasteiger partial charge on any atom is 0.0593 e. The van der Waals surface area contributed by atoms with Crippen LogP contribution in [-0.2, 0) is 4.74 Å². The van der Waals surface area contributed by atoms with Gasteiger partial charge in [-0.1, -0.05) is 19.8 Å². The van der Waals surface area contributed by atoms with Crippen LogP contribution in [0.25, 0.3) is 0 Å². The standard InChI is InChI=1S/C17H34N2O/c1-4-5-14-8-9-16(18-2)17(12-14)19(3)10-11-20-13-15-6-7-15/h14-18H,4-13H2,1-3H3. The molecule has 3 heteroatoms. The summed E-state index contributed by atoms with van der Waals surface area (Å²) in [6, 6.07) is 1.35. The molecule has 0 aliphatic heterocycles. The highest BCUT2D eigenvalue weighted by atomic mass is 16.5. The molecule has 0 heterocycles. The lowest BCUT2D eigenvalue weighted by atomic mass is 9.79. The Morgan fingerprint density at radius 1 is 1.15 bits per heavy atom. The first-order valence-corrected chi connectivity index (χ1v) is 8.69. The van der Waals surface area contributed by atoms with Crippen molar-refractivity contribution in [2.45, 2.75) is 64.0 Å². The van der Waals surface area contributed by atoms with Crippen LogP contribution in [0, 0.1) is 11.8 Å². The second-order valence-corrected chi connectivity index (χ2v) is 6.93. The Balaban J connectivity index is 1.72. The summed E-state index contributed by atoms with van der Waals surface area (Å²) in [5, 5.41) is 3.53. The topological polar surface area (TPSA) is 24.5 Å². The Hall–Kier alpha value is -0.120. The van der Waals surface area contributed by atoms with Gasteiger partial charge in [0.15, 0.2) is 0 Å². The predicted molar refractivity (Wildman–Crippen MR) is 85.1 cm³/mol. The van der Waals surface area contributed by atoms with Gasteiger partial charge in [0.25, 0.3) is 0 Å². The van der Waals surface area contributed by atoms with E-state index in [1.807, 2.05) is 0 Å². The van der Waals surface area contributed by atoms with E-state index in [9.17, 15) is 0 Å². The number of likely N-dealkylation sites (N-methyl/N-ethyl adjacent to an activating group) is 2. The molecule has 20 heavy (non-hydrogen) atoms. The Morgan fingerprint density at radius 3 is 2.55 bits per heavy atom. The van der Waals surface area contributed by atoms with Crippen LogP contribution in [0.1, 0.15) is 51.9 Å². The zero-order valence-electron chi connectivity index (χ0n) is 13.7. The maximum absolute atomic E-state index is 5.80. The van der Waals surface area contributed by atoms with Gasteiger partial charge in [-0.2, -0.15) is 0 Å². The molecule has 3 atom stereocenters. The van der Waals surface area contributed by atoms with Crippen LogP contribution >= 0.6 is 0 Å². The van der Waals surface area contributed by atoms with E-state index in [2.05, 4.69) is 31.2 Å². The van der Waals surface area contributed by atoms with Crippen molar-refractivity contribution in [2.24, 2.45) is 11.8 Å². The normalized spacial score (nSPS) is 30.9. The molecule has 3 unspecified atom stereocenters. The smallest absolute Gasteiger partial charge is 0.0593 e. The average molecular weight is 282 g/mol. The molecule has 2 fully saturated rings. The van der Waals surface area contributed by atoms with E-state index >= 15 is 0 Å². The fraction of sp³-hybridized carbons (Fsp3) is 1.00. The van der Waals surface area contributed by atoms with Gasteiger partial charge >= 0.3 is 0 Å². The summed E-state index contributed by atoms with van der Waals surface area (Å²) in [6.07, 6.45) is 9.60. The minimum atomic E-state index is 0.663. The van der Waals surface area contributed by atoms with Crippen LogP contribution in [0.5, 0.6) is 0 Å². The van der Waals surface area contributed by atoms with E-state index in [0.29, 0.717) is 12.1 Å². The van der Waals surface area contributed by atoms with Crippen molar-refractivity contribution in [3.63, 3.8) is 0 Å². The number of hydrogen-bond donors (Lipinski definition) is 1. The van der Waals surface area contributed by atoms with E-state index in [0.717, 1.165) is 31.6 Å². The molecule has 0 spiro atoms. The van der Waals surface area contributed by atoms with Crippen molar-refractivity contribution in [1.82, 2.24) is 10.2 Å². The van der Waals surface area contributed by atoms with Crippen LogP contribution in [0.2, 0.25) is 0 Å². The highest BCUT2D eigenvalue weighted by molar-refractivity contribution is 4.89. The Morgan fingerprint density at radius 2 is 1.90 bits per heavy atom. The number of nitrogens with one attached hydrogen (secondary N) is 1. The zero-order chi connectivity index (χ0) is 14.4. The Bertz CT molecular complexity index is 268. The molecule has 2 saturated carbocycles. The van der Waals surface area contributed by atoms with E-state index in [1.165, 1.54) is 44.9 Å². The van der Waals surface area contributed by atoms with E-state index in [4.69, 9.17) is 4.74 Å². The molecule has 0 radical (unpaired) electrons. The summed E-state index contributed by atoms with van der Waals surface area (Å²) in [6.45, 7) is 5.29. The summed E-state index contributed by atoms with van der Waals surface area (Å²) in [4.78, 5) is 2.54. The van der Waals surface area contributed by atoms with Crippen molar-refractivity contribution in [3.05, 3.63) is 0 Å². The molecule has 0 amide bonds. The Kier molecular flexibility index (Phi) is 6.79. The lowest BCUT2D eigenvalue weighted by Crippen LogP contribution is -2.51. The van der Waals surface area contributed by atoms with Crippen molar-refractivity contribution < 1.29 is 4.74 Å². The maximum atomic E-state index is 5.80. The molecule has 0 aromatic carbocycles. The summed E-state index contributed by atoms with van der Waals surface area (Å²) in [7, 11) is 4.40. The van der Waals surface area contributed by atoms with Crippen molar-refractivity contribution in [2.75, 3.05) is 33.9 Å². The number of rotatable bonds is 9. The van der Waals surface area contributed by atoms with Gasteiger partial charge in [-0.3, -0.25) is 4.90 Å². The third-order valence-corrected chi connectivity index (χ3v) is 5.20. The molecule has 0 bridgehead atoms. The quantitative estimate of drug-likeness (QED) is 0.658. The van der Waals surface area contributed by atoms with Gasteiger partial charge in [-0.05, 0) is 58.0 Å². The summed E-state index contributed by atoms with van der Waals surface area (Å²) in [5.74, 6) is 1.82. The largest absolute Gasteiger partial charge is 0.380 e. The number of nitrogens with zero attached hydrogens (tertiary/aromatic N) is 1. The molecule has 2 aliphatic carbocycles. The third-order valence-electron chi connectivity index (χ3n) is 5.20. The van der Waals surface area contributed by atoms with Crippen molar-refractivity contribution in [3.8, 4) is 0 Å². The molecule has 0 aromatic rings. The van der Waals surface area contributed by atoms with Gasteiger partial charge in [0, 0.05) is 25.2 Å². The first kappa shape index (κ1) is 16.3. The third kappa shape index (κ3) is 5.01. The van der Waals surface area contributed by atoms with Crippen molar-refractivity contribution in [1.29, 1.82) is 0 Å². The van der Waals surface area contributed by atoms with Crippen LogP contribution < -0.4 is 5.32 Å². The summed E-state index contributed by atoms with van der Waals surface area (Å²) >= 11 is 0. The fourth-order valence-corrected chi connectivity index (χ4v) is 3.63. The van der Waals surface area contributed by atoms with Gasteiger partial charge in [0.05, 0.1) is 6.61 Å². The minimum absolute atomic E-state index is 0.663. The zero-order valence-corrected chi connectivity index (χ0v) is 13.7. The summed E-state index contributed by atoms with van der Waals surface area (Å²) in [5.41, 5.74) is 0. The van der Waals surface area contributed by atoms with Gasteiger partial charge in [0.2, 0.25) is 0 Å². The molecular weight excluding hydrogens is 248 g/mol. The van der Waals surface area contributed by atoms with E-state index < -0.39 is 0 Å². The lowest BCUT2D eigenvalue weighted by Gasteiger charge is -2.41. The second kappa shape index (κ2) is 8.35. The SMILES string of the molecule is CCCC1CCC(NC)C(N(C)CCOCC2CC2)C1. The number of hydrogen-bond acceptors (Lipinski definition) is 3. The van der Waals surface area contributed by atoms with Crippen LogP contribution in [0.4, 0.5) is 0 Å². The first-order valence-electron chi connectivity index (χ1n) is 8.69. The van der Waals surface area contributed by atoms with Gasteiger partial charge in [0.1, 0.15) is 0 Å². The monoisotopic (exact) mass is 282 g/mol. The first-order chi connectivity index (χ1) is 9.74. The molecule has 0 aromatic heterocycles. The molecule has 2 aliphatic rings. The molecule has 1 N–H and O–H groups in total. The molecular formula is C17H34N2O. The Labute approximate surface area is 125 Å². The molecule has 118 valence electrons. The lowest BCUT2D eigenvalue weighted by molar-refractivity contribution is 0.0649.